The van der Waals surface area contributed by atoms with Crippen molar-refractivity contribution in [3.8, 4) is 0 Å². The smallest absolute Gasteiger partial charge is 0.220 e. The highest BCUT2D eigenvalue weighted by atomic mass is 16.2. The van der Waals surface area contributed by atoms with Gasteiger partial charge in [-0.3, -0.25) is 4.79 Å². The van der Waals surface area contributed by atoms with Crippen molar-refractivity contribution in [1.82, 2.24) is 5.32 Å². The van der Waals surface area contributed by atoms with E-state index >= 15 is 0 Å². The monoisotopic (exact) mass is 143 g/mol. The summed E-state index contributed by atoms with van der Waals surface area (Å²) < 4.78 is 0. The number of amides is 1. The summed E-state index contributed by atoms with van der Waals surface area (Å²) in [5.74, 6) is 0.155. The van der Waals surface area contributed by atoms with Crippen LogP contribution in [-0.2, 0) is 4.79 Å². The zero-order chi connectivity index (χ0) is 7.40. The molecule has 1 rings (SSSR count). The van der Waals surface area contributed by atoms with E-state index in [0.717, 1.165) is 19.3 Å². The van der Waals surface area contributed by atoms with Crippen LogP contribution in [0.2, 0.25) is 0 Å². The third kappa shape index (κ3) is 1.99. The van der Waals surface area contributed by atoms with Crippen molar-refractivity contribution >= 4 is 5.91 Å². The minimum Gasteiger partial charge on any atom is -0.396 e. The summed E-state index contributed by atoms with van der Waals surface area (Å²) in [7, 11) is 0. The van der Waals surface area contributed by atoms with E-state index in [1.165, 1.54) is 0 Å². The van der Waals surface area contributed by atoms with E-state index in [-0.39, 0.29) is 12.5 Å². The molecule has 0 aliphatic carbocycles. The number of hydrogen-bond donors (Lipinski definition) is 2. The van der Waals surface area contributed by atoms with Gasteiger partial charge in [0.1, 0.15) is 0 Å². The second-order valence-electron chi connectivity index (χ2n) is 2.67. The molecule has 0 aromatic rings. The zero-order valence-electron chi connectivity index (χ0n) is 5.97. The molecule has 0 unspecified atom stereocenters. The number of nitrogens with one attached hydrogen (secondary N) is 1. The standard InChI is InChI=1S/C7H13NO2/c9-5-1-2-6-3-4-7(10)8-6/h6,9H,1-5H2,(H,8,10)/t6-/m1/s1. The summed E-state index contributed by atoms with van der Waals surface area (Å²) in [5, 5.41) is 11.3. The van der Waals surface area contributed by atoms with Gasteiger partial charge in [-0.05, 0) is 19.3 Å². The highest BCUT2D eigenvalue weighted by Gasteiger charge is 2.19. The van der Waals surface area contributed by atoms with Gasteiger partial charge in [0.25, 0.3) is 0 Å². The van der Waals surface area contributed by atoms with Crippen molar-refractivity contribution in [2.45, 2.75) is 31.7 Å². The van der Waals surface area contributed by atoms with Crippen LogP contribution in [0.15, 0.2) is 0 Å². The first kappa shape index (κ1) is 7.54. The molecule has 1 aliphatic heterocycles. The summed E-state index contributed by atoms with van der Waals surface area (Å²) in [6.45, 7) is 0.229. The summed E-state index contributed by atoms with van der Waals surface area (Å²) in [5.41, 5.74) is 0. The summed E-state index contributed by atoms with van der Waals surface area (Å²) in [4.78, 5) is 10.6. The maximum absolute atomic E-state index is 10.6. The molecule has 1 heterocycles. The Balaban J connectivity index is 2.12. The molecule has 0 aromatic carbocycles. The van der Waals surface area contributed by atoms with E-state index in [9.17, 15) is 4.79 Å². The van der Waals surface area contributed by atoms with Gasteiger partial charge in [0.2, 0.25) is 5.91 Å². The Kier molecular flexibility index (Phi) is 2.68. The van der Waals surface area contributed by atoms with Gasteiger partial charge in [0.05, 0.1) is 0 Å². The fraction of sp³-hybridized carbons (Fsp3) is 0.857. The molecule has 1 atom stereocenters. The Morgan fingerprint density at radius 2 is 2.50 bits per heavy atom. The predicted molar refractivity (Wildman–Crippen MR) is 37.5 cm³/mol. The molecule has 0 radical (unpaired) electrons. The van der Waals surface area contributed by atoms with E-state index in [4.69, 9.17) is 5.11 Å². The molecule has 58 valence electrons. The lowest BCUT2D eigenvalue weighted by molar-refractivity contribution is -0.119. The quantitative estimate of drug-likeness (QED) is 0.586. The van der Waals surface area contributed by atoms with Crippen molar-refractivity contribution in [3.05, 3.63) is 0 Å². The van der Waals surface area contributed by atoms with Crippen LogP contribution in [0.25, 0.3) is 0 Å². The fourth-order valence-electron chi connectivity index (χ4n) is 1.23. The fourth-order valence-corrected chi connectivity index (χ4v) is 1.23. The molecular weight excluding hydrogens is 130 g/mol. The van der Waals surface area contributed by atoms with Crippen LogP contribution < -0.4 is 5.32 Å². The molecule has 1 saturated heterocycles. The van der Waals surface area contributed by atoms with Crippen LogP contribution >= 0.6 is 0 Å². The summed E-state index contributed by atoms with van der Waals surface area (Å²) in [6, 6.07) is 0.333. The van der Waals surface area contributed by atoms with Crippen LogP contribution in [0.5, 0.6) is 0 Å². The number of rotatable bonds is 3. The molecule has 10 heavy (non-hydrogen) atoms. The SMILES string of the molecule is O=C1CC[C@@H](CCCO)N1. The second-order valence-corrected chi connectivity index (χ2v) is 2.67. The van der Waals surface area contributed by atoms with Gasteiger partial charge in [-0.1, -0.05) is 0 Å². The number of carbonyl (C=O) groups excluding carboxylic acids is 1. The Morgan fingerprint density at radius 3 is 3.00 bits per heavy atom. The maximum atomic E-state index is 10.6. The predicted octanol–water partition coefficient (Wildman–Crippen LogP) is 0.0375. The molecule has 1 fully saturated rings. The van der Waals surface area contributed by atoms with Crippen LogP contribution in [0.3, 0.4) is 0 Å². The van der Waals surface area contributed by atoms with E-state index in [0.29, 0.717) is 12.5 Å². The Morgan fingerprint density at radius 1 is 1.70 bits per heavy atom. The van der Waals surface area contributed by atoms with Crippen molar-refractivity contribution in [2.75, 3.05) is 6.61 Å². The van der Waals surface area contributed by atoms with Gasteiger partial charge in [0, 0.05) is 19.1 Å². The molecular formula is C7H13NO2. The molecule has 1 aliphatic rings. The zero-order valence-corrected chi connectivity index (χ0v) is 5.97. The minimum atomic E-state index is 0.155. The Hall–Kier alpha value is -0.570. The molecule has 1 amide bonds. The van der Waals surface area contributed by atoms with Crippen molar-refractivity contribution < 1.29 is 9.90 Å². The lowest BCUT2D eigenvalue weighted by atomic mass is 10.1. The van der Waals surface area contributed by atoms with Crippen LogP contribution in [0.1, 0.15) is 25.7 Å². The average Bonchev–Trinajstić information content (AvgIpc) is 2.31. The normalized spacial score (nSPS) is 24.9. The van der Waals surface area contributed by atoms with E-state index in [2.05, 4.69) is 5.32 Å². The number of carbonyl (C=O) groups is 1. The molecule has 0 spiro atoms. The van der Waals surface area contributed by atoms with Gasteiger partial charge in [-0.2, -0.15) is 0 Å². The lowest BCUT2D eigenvalue weighted by Crippen LogP contribution is -2.25. The summed E-state index contributed by atoms with van der Waals surface area (Å²) >= 11 is 0. The van der Waals surface area contributed by atoms with Crippen molar-refractivity contribution in [2.24, 2.45) is 0 Å². The van der Waals surface area contributed by atoms with Crippen LogP contribution in [0, 0.1) is 0 Å². The topological polar surface area (TPSA) is 49.3 Å². The molecule has 0 saturated carbocycles. The Labute approximate surface area is 60.4 Å². The van der Waals surface area contributed by atoms with Crippen molar-refractivity contribution in [3.63, 3.8) is 0 Å². The molecule has 0 bridgehead atoms. The van der Waals surface area contributed by atoms with Crippen LogP contribution in [-0.4, -0.2) is 23.7 Å². The third-order valence-electron chi connectivity index (χ3n) is 1.80. The van der Waals surface area contributed by atoms with E-state index in [1.54, 1.807) is 0 Å². The third-order valence-corrected chi connectivity index (χ3v) is 1.80. The van der Waals surface area contributed by atoms with E-state index < -0.39 is 0 Å². The largest absolute Gasteiger partial charge is 0.396 e. The second kappa shape index (κ2) is 3.56. The molecule has 3 heteroatoms. The van der Waals surface area contributed by atoms with Crippen molar-refractivity contribution in [1.29, 1.82) is 0 Å². The first-order valence-electron chi connectivity index (χ1n) is 3.73. The highest BCUT2D eigenvalue weighted by molar-refractivity contribution is 5.78. The van der Waals surface area contributed by atoms with Gasteiger partial charge < -0.3 is 10.4 Å². The van der Waals surface area contributed by atoms with Gasteiger partial charge in [-0.15, -0.1) is 0 Å². The number of aliphatic hydroxyl groups excluding tert-OH is 1. The molecule has 3 nitrogen and oxygen atoms in total. The number of hydrogen-bond acceptors (Lipinski definition) is 2. The van der Waals surface area contributed by atoms with Gasteiger partial charge >= 0.3 is 0 Å². The maximum Gasteiger partial charge on any atom is 0.220 e. The summed E-state index contributed by atoms with van der Waals surface area (Å²) in [6.07, 6.45) is 3.32. The highest BCUT2D eigenvalue weighted by Crippen LogP contribution is 2.10. The van der Waals surface area contributed by atoms with Gasteiger partial charge in [-0.25, -0.2) is 0 Å². The first-order chi connectivity index (χ1) is 4.83. The van der Waals surface area contributed by atoms with E-state index in [1.807, 2.05) is 0 Å². The Bertz CT molecular complexity index is 125. The molecule has 2 N–H and O–H groups in total. The number of aliphatic hydroxyl groups is 1. The average molecular weight is 143 g/mol. The van der Waals surface area contributed by atoms with Gasteiger partial charge in [0.15, 0.2) is 0 Å². The van der Waals surface area contributed by atoms with Crippen LogP contribution in [0.4, 0.5) is 0 Å². The molecule has 0 aromatic heterocycles. The minimum absolute atomic E-state index is 0.155. The first-order valence-corrected chi connectivity index (χ1v) is 3.73. The lowest BCUT2D eigenvalue weighted by Gasteiger charge is -2.06.